The van der Waals surface area contributed by atoms with Crippen LogP contribution in [0.3, 0.4) is 0 Å². The first-order valence-corrected chi connectivity index (χ1v) is 10.8. The van der Waals surface area contributed by atoms with Crippen molar-refractivity contribution in [3.05, 3.63) is 82.2 Å². The highest BCUT2D eigenvalue weighted by atomic mass is 32.2. The predicted octanol–water partition coefficient (Wildman–Crippen LogP) is 4.53. The van der Waals surface area contributed by atoms with Gasteiger partial charge in [-0.3, -0.25) is 13.8 Å². The van der Waals surface area contributed by atoms with Crippen molar-refractivity contribution in [2.24, 2.45) is 0 Å². The van der Waals surface area contributed by atoms with Crippen molar-refractivity contribution >= 4 is 28.4 Å². The number of imidazole rings is 1. The second-order valence-corrected chi connectivity index (χ2v) is 8.33. The number of aryl methyl sites for hydroxylation is 2. The third-order valence-electron chi connectivity index (χ3n) is 5.29. The Balaban J connectivity index is 1.72. The third-order valence-corrected chi connectivity index (χ3v) is 6.21. The molecule has 0 radical (unpaired) electrons. The lowest BCUT2D eigenvalue weighted by Gasteiger charge is -2.14. The van der Waals surface area contributed by atoms with Crippen molar-refractivity contribution in [2.45, 2.75) is 31.3 Å². The van der Waals surface area contributed by atoms with Crippen LogP contribution in [0.5, 0.6) is 0 Å². The maximum atomic E-state index is 13.5. The van der Waals surface area contributed by atoms with Crippen molar-refractivity contribution in [3.8, 4) is 5.69 Å². The number of fused-ring (bicyclic) bond motifs is 3. The molecule has 162 valence electrons. The topological polar surface area (TPSA) is 70.0 Å². The molecule has 3 aromatic heterocycles. The van der Waals surface area contributed by atoms with Gasteiger partial charge < -0.3 is 0 Å². The molecule has 0 saturated heterocycles. The Hall–Kier alpha value is -3.53. The number of nitrogens with zero attached hydrogens (tertiary/aromatic N) is 6. The molecule has 3 heterocycles. The van der Waals surface area contributed by atoms with E-state index in [4.69, 9.17) is 0 Å². The van der Waals surface area contributed by atoms with Gasteiger partial charge in [0.05, 0.1) is 22.3 Å². The summed E-state index contributed by atoms with van der Waals surface area (Å²) in [6.45, 7) is 1.23. The van der Waals surface area contributed by atoms with Gasteiger partial charge in [0.15, 0.2) is 5.16 Å². The highest BCUT2D eigenvalue weighted by Crippen LogP contribution is 2.27. The molecule has 0 unspecified atom stereocenters. The fourth-order valence-electron chi connectivity index (χ4n) is 3.71. The summed E-state index contributed by atoms with van der Waals surface area (Å²) in [4.78, 5) is 17.5. The first-order chi connectivity index (χ1) is 15.5. The maximum absolute atomic E-state index is 13.5. The lowest BCUT2D eigenvalue weighted by atomic mass is 10.1. The van der Waals surface area contributed by atoms with Crippen molar-refractivity contribution in [1.29, 1.82) is 0 Å². The second-order valence-electron chi connectivity index (χ2n) is 7.38. The highest BCUT2D eigenvalue weighted by molar-refractivity contribution is 7.98. The van der Waals surface area contributed by atoms with Gasteiger partial charge in [0, 0.05) is 12.4 Å². The van der Waals surface area contributed by atoms with Crippen molar-refractivity contribution in [1.82, 2.24) is 28.7 Å². The number of halogens is 2. The first kappa shape index (κ1) is 20.4. The largest absolute Gasteiger partial charge is 0.319 e. The molecule has 10 heteroatoms. The molecule has 32 heavy (non-hydrogen) atoms. The zero-order chi connectivity index (χ0) is 22.4. The van der Waals surface area contributed by atoms with Crippen LogP contribution in [0.25, 0.3) is 22.4 Å². The zero-order valence-electron chi connectivity index (χ0n) is 17.2. The summed E-state index contributed by atoms with van der Waals surface area (Å²) < 4.78 is 30.5. The predicted molar refractivity (Wildman–Crippen MR) is 119 cm³/mol. The fraction of sp³-hybridized carbons (Fsp3) is 0.182. The van der Waals surface area contributed by atoms with E-state index in [9.17, 15) is 13.6 Å². The van der Waals surface area contributed by atoms with E-state index in [0.717, 1.165) is 21.4 Å². The monoisotopic (exact) mass is 452 g/mol. The normalized spacial score (nSPS) is 11.8. The van der Waals surface area contributed by atoms with E-state index in [0.29, 0.717) is 21.8 Å². The molecule has 0 atom stereocenters. The van der Waals surface area contributed by atoms with Crippen molar-refractivity contribution in [3.63, 3.8) is 0 Å². The van der Waals surface area contributed by atoms with Crippen LogP contribution in [0.1, 0.15) is 23.5 Å². The number of hydrogen-bond donors (Lipinski definition) is 0. The Kier molecular flexibility index (Phi) is 5.01. The second kappa shape index (κ2) is 7.86. The average Bonchev–Trinajstić information content (AvgIpc) is 3.42. The molecule has 0 N–H and O–H groups in total. The van der Waals surface area contributed by atoms with E-state index >= 15 is 0 Å². The molecular formula is C22H18F2N6OS. The van der Waals surface area contributed by atoms with Crippen LogP contribution in [-0.2, 0) is 5.75 Å². The lowest BCUT2D eigenvalue weighted by molar-refractivity contribution is 0.0678. The molecule has 0 saturated carbocycles. The molecule has 0 bridgehead atoms. The summed E-state index contributed by atoms with van der Waals surface area (Å²) in [6.07, 6.45) is 2.59. The van der Waals surface area contributed by atoms with Gasteiger partial charge in [-0.2, -0.15) is 8.78 Å². The smallest absolute Gasteiger partial charge is 0.277 e. The number of benzene rings is 2. The Morgan fingerprint density at radius 3 is 2.72 bits per heavy atom. The van der Waals surface area contributed by atoms with Gasteiger partial charge in [-0.25, -0.2) is 9.55 Å². The third kappa shape index (κ3) is 3.27. The minimum atomic E-state index is -2.67. The Morgan fingerprint density at radius 1 is 1.09 bits per heavy atom. The summed E-state index contributed by atoms with van der Waals surface area (Å²) in [6, 6.07) is 13.1. The molecule has 5 rings (SSSR count). The van der Waals surface area contributed by atoms with Gasteiger partial charge in [-0.15, -0.1) is 10.2 Å². The molecular weight excluding hydrogens is 434 g/mol. The standard InChI is InChI=1S/C22H18F2N6OS/c1-13-7-8-14(2)17(11-13)29-19(31)15-5-3-4-6-16(15)30-21(29)26-27-22(30)32-12-18-25-9-10-28(18)20(23)24/h3-11,20H,12H2,1-2H3. The summed E-state index contributed by atoms with van der Waals surface area (Å²) in [7, 11) is 0. The van der Waals surface area contributed by atoms with E-state index < -0.39 is 6.55 Å². The number of alkyl halides is 2. The van der Waals surface area contributed by atoms with Gasteiger partial charge in [0.25, 0.3) is 5.56 Å². The minimum Gasteiger partial charge on any atom is -0.277 e. The molecule has 0 aliphatic rings. The van der Waals surface area contributed by atoms with Crippen molar-refractivity contribution in [2.75, 3.05) is 0 Å². The fourth-order valence-corrected chi connectivity index (χ4v) is 4.60. The Labute approximate surface area is 185 Å². The molecule has 7 nitrogen and oxygen atoms in total. The van der Waals surface area contributed by atoms with Gasteiger partial charge in [-0.1, -0.05) is 36.0 Å². The van der Waals surface area contributed by atoms with Gasteiger partial charge in [-0.05, 0) is 43.2 Å². The molecule has 0 spiro atoms. The quantitative estimate of drug-likeness (QED) is 0.367. The van der Waals surface area contributed by atoms with Gasteiger partial charge in [0.1, 0.15) is 5.82 Å². The van der Waals surface area contributed by atoms with Crippen LogP contribution < -0.4 is 5.56 Å². The molecule has 0 amide bonds. The van der Waals surface area contributed by atoms with E-state index in [1.54, 1.807) is 21.1 Å². The van der Waals surface area contributed by atoms with Crippen LogP contribution in [0.15, 0.2) is 64.8 Å². The number of hydrogen-bond acceptors (Lipinski definition) is 5. The summed E-state index contributed by atoms with van der Waals surface area (Å²) in [5.74, 6) is 0.769. The zero-order valence-corrected chi connectivity index (χ0v) is 18.1. The van der Waals surface area contributed by atoms with Crippen LogP contribution in [-0.4, -0.2) is 28.7 Å². The minimum absolute atomic E-state index is 0.176. The average molecular weight is 452 g/mol. The molecule has 2 aromatic carbocycles. The Bertz CT molecular complexity index is 1520. The summed E-state index contributed by atoms with van der Waals surface area (Å²) >= 11 is 1.24. The maximum Gasteiger partial charge on any atom is 0.319 e. The van der Waals surface area contributed by atoms with E-state index in [1.165, 1.54) is 24.2 Å². The van der Waals surface area contributed by atoms with Crippen molar-refractivity contribution < 1.29 is 8.78 Å². The van der Waals surface area contributed by atoms with Crippen LogP contribution in [0.4, 0.5) is 8.78 Å². The highest BCUT2D eigenvalue weighted by Gasteiger charge is 2.20. The number of para-hydroxylation sites is 1. The number of aromatic nitrogens is 6. The SMILES string of the molecule is Cc1ccc(C)c(-n2c(=O)c3ccccc3n3c(SCc4nccn4C(F)F)nnc23)c1. The first-order valence-electron chi connectivity index (χ1n) is 9.85. The molecule has 0 aliphatic heterocycles. The lowest BCUT2D eigenvalue weighted by Crippen LogP contribution is -2.22. The van der Waals surface area contributed by atoms with Gasteiger partial charge >= 0.3 is 6.55 Å². The molecule has 5 aromatic rings. The van der Waals surface area contributed by atoms with Crippen LogP contribution in [0.2, 0.25) is 0 Å². The van der Waals surface area contributed by atoms with E-state index in [-0.39, 0.29) is 17.1 Å². The molecule has 0 fully saturated rings. The summed E-state index contributed by atoms with van der Waals surface area (Å²) in [5.41, 5.74) is 3.11. The van der Waals surface area contributed by atoms with E-state index in [1.807, 2.05) is 44.2 Å². The van der Waals surface area contributed by atoms with E-state index in [2.05, 4.69) is 15.2 Å². The van der Waals surface area contributed by atoms with Crippen LogP contribution in [0, 0.1) is 13.8 Å². The van der Waals surface area contributed by atoms with Gasteiger partial charge in [0.2, 0.25) is 5.78 Å². The number of thioether (sulfide) groups is 1. The van der Waals surface area contributed by atoms with Crippen LogP contribution >= 0.6 is 11.8 Å². The Morgan fingerprint density at radius 2 is 1.91 bits per heavy atom. The summed E-state index contributed by atoms with van der Waals surface area (Å²) in [5, 5.41) is 9.60. The number of rotatable bonds is 5. The molecule has 0 aliphatic carbocycles.